The zero-order valence-electron chi connectivity index (χ0n) is 19.5. The molecule has 2 aliphatic rings. The first-order chi connectivity index (χ1) is 15.5. The SMILES string of the molecule is Cc1cc([C@H]2CN(C(=O)N(C)C)CC[C@H]2C)n2nc(C3CCC(C(F)(F)F)CC3)c(F)c2n1. The second-order valence-corrected chi connectivity index (χ2v) is 9.84. The van der Waals surface area contributed by atoms with Crippen LogP contribution < -0.4 is 0 Å². The first-order valence-electron chi connectivity index (χ1n) is 11.6. The topological polar surface area (TPSA) is 53.7 Å². The molecule has 182 valence electrons. The van der Waals surface area contributed by atoms with Crippen molar-refractivity contribution in [1.29, 1.82) is 0 Å². The van der Waals surface area contributed by atoms with Gasteiger partial charge >= 0.3 is 12.2 Å². The van der Waals surface area contributed by atoms with Crippen LogP contribution in [0.2, 0.25) is 0 Å². The van der Waals surface area contributed by atoms with Crippen molar-refractivity contribution in [2.75, 3.05) is 27.2 Å². The molecule has 2 amide bonds. The minimum Gasteiger partial charge on any atom is -0.331 e. The number of aryl methyl sites for hydroxylation is 1. The second-order valence-electron chi connectivity index (χ2n) is 9.84. The third-order valence-corrected chi connectivity index (χ3v) is 7.28. The molecule has 4 rings (SSSR count). The van der Waals surface area contributed by atoms with Gasteiger partial charge < -0.3 is 9.80 Å². The molecule has 2 atom stereocenters. The minimum absolute atomic E-state index is 0.0118. The zero-order valence-corrected chi connectivity index (χ0v) is 19.5. The zero-order chi connectivity index (χ0) is 24.1. The van der Waals surface area contributed by atoms with E-state index >= 15 is 4.39 Å². The summed E-state index contributed by atoms with van der Waals surface area (Å²) in [6.45, 7) is 5.05. The number of urea groups is 1. The van der Waals surface area contributed by atoms with Crippen molar-refractivity contribution < 1.29 is 22.4 Å². The lowest BCUT2D eigenvalue weighted by Gasteiger charge is -2.38. The molecule has 0 aromatic carbocycles. The molecule has 1 saturated carbocycles. The van der Waals surface area contributed by atoms with Gasteiger partial charge in [-0.25, -0.2) is 18.7 Å². The number of aromatic nitrogens is 3. The van der Waals surface area contributed by atoms with E-state index < -0.39 is 17.9 Å². The van der Waals surface area contributed by atoms with Crippen molar-refractivity contribution >= 4 is 11.7 Å². The lowest BCUT2D eigenvalue weighted by molar-refractivity contribution is -0.182. The Morgan fingerprint density at radius 1 is 1.15 bits per heavy atom. The molecule has 3 heterocycles. The van der Waals surface area contributed by atoms with Crippen molar-refractivity contribution in [2.45, 2.75) is 64.0 Å². The van der Waals surface area contributed by atoms with Crippen LogP contribution in [0.5, 0.6) is 0 Å². The molecule has 0 bridgehead atoms. The molecule has 2 fully saturated rings. The molecule has 2 aromatic rings. The van der Waals surface area contributed by atoms with E-state index in [0.29, 0.717) is 18.8 Å². The van der Waals surface area contributed by atoms with Crippen molar-refractivity contribution in [3.05, 3.63) is 29.0 Å². The van der Waals surface area contributed by atoms with Crippen molar-refractivity contribution in [1.82, 2.24) is 24.4 Å². The van der Waals surface area contributed by atoms with E-state index in [1.807, 2.05) is 6.07 Å². The highest BCUT2D eigenvalue weighted by Gasteiger charge is 2.42. The van der Waals surface area contributed by atoms with E-state index in [2.05, 4.69) is 17.0 Å². The van der Waals surface area contributed by atoms with Gasteiger partial charge in [0, 0.05) is 44.7 Å². The number of nitrogens with zero attached hydrogens (tertiary/aromatic N) is 5. The highest BCUT2D eigenvalue weighted by Crippen LogP contribution is 2.43. The molecule has 0 N–H and O–H groups in total. The van der Waals surface area contributed by atoms with Crippen LogP contribution in [0.15, 0.2) is 6.07 Å². The fourth-order valence-corrected chi connectivity index (χ4v) is 5.29. The Hall–Kier alpha value is -2.39. The van der Waals surface area contributed by atoms with Crippen molar-refractivity contribution in [3.8, 4) is 0 Å². The number of carbonyl (C=O) groups excluding carboxylic acids is 1. The molecule has 0 spiro atoms. The van der Waals surface area contributed by atoms with Crippen LogP contribution in [0.1, 0.15) is 67.9 Å². The Kier molecular flexibility index (Phi) is 6.30. The molecule has 1 aliphatic heterocycles. The Morgan fingerprint density at radius 2 is 1.82 bits per heavy atom. The number of hydrogen-bond acceptors (Lipinski definition) is 3. The maximum absolute atomic E-state index is 15.4. The monoisotopic (exact) mass is 469 g/mol. The predicted molar refractivity (Wildman–Crippen MR) is 116 cm³/mol. The summed E-state index contributed by atoms with van der Waals surface area (Å²) < 4.78 is 56.1. The number of amides is 2. The average molecular weight is 470 g/mol. The van der Waals surface area contributed by atoms with Crippen LogP contribution >= 0.6 is 0 Å². The van der Waals surface area contributed by atoms with Gasteiger partial charge in [-0.15, -0.1) is 0 Å². The lowest BCUT2D eigenvalue weighted by atomic mass is 9.80. The third kappa shape index (κ3) is 4.53. The number of carbonyl (C=O) groups is 1. The Labute approximate surface area is 190 Å². The van der Waals surface area contributed by atoms with E-state index in [9.17, 15) is 18.0 Å². The summed E-state index contributed by atoms with van der Waals surface area (Å²) in [5.74, 6) is -2.03. The Balaban J connectivity index is 1.67. The molecule has 1 aliphatic carbocycles. The van der Waals surface area contributed by atoms with E-state index in [-0.39, 0.29) is 60.8 Å². The minimum atomic E-state index is -4.21. The fourth-order valence-electron chi connectivity index (χ4n) is 5.29. The molecule has 10 heteroatoms. The molecule has 1 saturated heterocycles. The smallest absolute Gasteiger partial charge is 0.331 e. The molecule has 2 aromatic heterocycles. The number of rotatable bonds is 2. The van der Waals surface area contributed by atoms with Crippen LogP contribution in [0.4, 0.5) is 22.4 Å². The summed E-state index contributed by atoms with van der Waals surface area (Å²) in [5.41, 5.74) is 1.75. The number of halogens is 4. The van der Waals surface area contributed by atoms with Gasteiger partial charge in [-0.3, -0.25) is 0 Å². The summed E-state index contributed by atoms with van der Waals surface area (Å²) in [6, 6.07) is 1.82. The van der Waals surface area contributed by atoms with Gasteiger partial charge in [0.15, 0.2) is 11.5 Å². The highest BCUT2D eigenvalue weighted by molar-refractivity contribution is 5.74. The van der Waals surface area contributed by atoms with Gasteiger partial charge in [0.2, 0.25) is 0 Å². The first kappa shape index (κ1) is 23.8. The van der Waals surface area contributed by atoms with Gasteiger partial charge in [0.25, 0.3) is 0 Å². The average Bonchev–Trinajstić information content (AvgIpc) is 3.09. The van der Waals surface area contributed by atoms with Crippen LogP contribution in [-0.4, -0.2) is 63.8 Å². The summed E-state index contributed by atoms with van der Waals surface area (Å²) >= 11 is 0. The van der Waals surface area contributed by atoms with Gasteiger partial charge in [-0.05, 0) is 51.0 Å². The van der Waals surface area contributed by atoms with E-state index in [0.717, 1.165) is 12.1 Å². The summed E-state index contributed by atoms with van der Waals surface area (Å²) in [4.78, 5) is 20.3. The Morgan fingerprint density at radius 3 is 2.42 bits per heavy atom. The number of fused-ring (bicyclic) bond motifs is 1. The molecule has 0 radical (unpaired) electrons. The molecule has 6 nitrogen and oxygen atoms in total. The number of likely N-dealkylation sites (tertiary alicyclic amines) is 1. The molecule has 0 unspecified atom stereocenters. The van der Waals surface area contributed by atoms with Crippen molar-refractivity contribution in [2.24, 2.45) is 11.8 Å². The molecular formula is C23H31F4N5O. The standard InChI is InChI=1S/C23H31F4N5O/c1-13-9-10-31(22(33)30(3)4)12-17(13)18-11-14(2)28-21-19(24)20(29-32(18)21)15-5-7-16(8-6-15)23(25,26)27/h11,13,15-17H,5-10,12H2,1-4H3/t13-,15?,16?,17+/m1/s1. The van der Waals surface area contributed by atoms with Gasteiger partial charge in [-0.1, -0.05) is 6.92 Å². The quantitative estimate of drug-likeness (QED) is 0.574. The first-order valence-corrected chi connectivity index (χ1v) is 11.6. The van der Waals surface area contributed by atoms with Gasteiger partial charge in [0.05, 0.1) is 11.6 Å². The number of hydrogen-bond donors (Lipinski definition) is 0. The van der Waals surface area contributed by atoms with E-state index in [4.69, 9.17) is 0 Å². The van der Waals surface area contributed by atoms with Crippen LogP contribution in [0, 0.1) is 24.6 Å². The van der Waals surface area contributed by atoms with Crippen LogP contribution in [0.3, 0.4) is 0 Å². The van der Waals surface area contributed by atoms with E-state index in [1.165, 1.54) is 4.52 Å². The molecule has 33 heavy (non-hydrogen) atoms. The van der Waals surface area contributed by atoms with Crippen molar-refractivity contribution in [3.63, 3.8) is 0 Å². The molecular weight excluding hydrogens is 438 g/mol. The van der Waals surface area contributed by atoms with Crippen LogP contribution in [-0.2, 0) is 0 Å². The fraction of sp³-hybridized carbons (Fsp3) is 0.696. The predicted octanol–water partition coefficient (Wildman–Crippen LogP) is 5.12. The summed E-state index contributed by atoms with van der Waals surface area (Å²) in [7, 11) is 3.43. The maximum atomic E-state index is 15.4. The summed E-state index contributed by atoms with van der Waals surface area (Å²) in [5, 5.41) is 4.56. The maximum Gasteiger partial charge on any atom is 0.391 e. The lowest BCUT2D eigenvalue weighted by Crippen LogP contribution is -2.46. The second kappa shape index (κ2) is 8.76. The van der Waals surface area contributed by atoms with Gasteiger partial charge in [-0.2, -0.15) is 18.3 Å². The summed E-state index contributed by atoms with van der Waals surface area (Å²) in [6.07, 6.45) is -2.91. The van der Waals surface area contributed by atoms with Crippen LogP contribution in [0.25, 0.3) is 5.65 Å². The largest absolute Gasteiger partial charge is 0.391 e. The van der Waals surface area contributed by atoms with Gasteiger partial charge in [0.1, 0.15) is 5.69 Å². The Bertz CT molecular complexity index is 1030. The van der Waals surface area contributed by atoms with E-state index in [1.54, 1.807) is 30.8 Å². The third-order valence-electron chi connectivity index (χ3n) is 7.28. The number of piperidine rings is 1. The normalized spacial score (nSPS) is 26.6. The highest BCUT2D eigenvalue weighted by atomic mass is 19.4. The number of alkyl halides is 3.